The molecule has 2 heterocycles. The molecule has 0 aromatic carbocycles. The van der Waals surface area contributed by atoms with Crippen LogP contribution in [0.25, 0.3) is 0 Å². The van der Waals surface area contributed by atoms with Crippen molar-refractivity contribution in [2.75, 3.05) is 20.8 Å². The Morgan fingerprint density at radius 1 is 1.35 bits per heavy atom. The Kier molecular flexibility index (Phi) is 8.31. The zero-order chi connectivity index (χ0) is 18.3. The first kappa shape index (κ1) is 21.4. The van der Waals surface area contributed by atoms with E-state index >= 15 is 0 Å². The number of likely N-dealkylation sites (tertiary alicyclic amines) is 1. The highest BCUT2D eigenvalue weighted by Gasteiger charge is 2.48. The number of aromatic nitrogens is 2. The summed E-state index contributed by atoms with van der Waals surface area (Å²) in [7, 11) is 3.25. The van der Waals surface area contributed by atoms with Crippen molar-refractivity contribution in [1.29, 1.82) is 0 Å². The molecule has 0 aliphatic carbocycles. The number of rotatable bonds is 1. The molecule has 1 atom stereocenters. The Hall–Kier alpha value is -1.56. The highest BCUT2D eigenvalue weighted by atomic mass is 16.6. The van der Waals surface area contributed by atoms with E-state index in [2.05, 4.69) is 14.7 Å². The first-order chi connectivity index (χ1) is 10.6. The number of aromatic amines is 1. The molecule has 1 unspecified atom stereocenters. The Bertz CT molecular complexity index is 480. The SMILES string of the molecule is CC.COC.Cc1cnc(C2(C)CCN2C(=O)OC(C)(C)C)[nH]1. The third kappa shape index (κ3) is 5.86. The number of imidazole rings is 1. The van der Waals surface area contributed by atoms with Crippen molar-refractivity contribution < 1.29 is 14.3 Å². The predicted molar refractivity (Wildman–Crippen MR) is 92.5 cm³/mol. The maximum absolute atomic E-state index is 12.1. The van der Waals surface area contributed by atoms with Crippen molar-refractivity contribution in [2.24, 2.45) is 0 Å². The fourth-order valence-corrected chi connectivity index (χ4v) is 2.10. The van der Waals surface area contributed by atoms with Crippen LogP contribution in [0.2, 0.25) is 0 Å². The standard InChI is InChI=1S/C13H21N3O2.C2H6O.C2H6/c1-9-8-14-10(15-9)13(5)6-7-16(13)11(17)18-12(2,3)4;1-3-2;1-2/h8H,6-7H2,1-5H3,(H,14,15);1-2H3;1-2H3. The van der Waals surface area contributed by atoms with Gasteiger partial charge in [-0.1, -0.05) is 13.8 Å². The molecule has 134 valence electrons. The van der Waals surface area contributed by atoms with Gasteiger partial charge in [0.2, 0.25) is 0 Å². The summed E-state index contributed by atoms with van der Waals surface area (Å²) in [5, 5.41) is 0. The van der Waals surface area contributed by atoms with Gasteiger partial charge in [-0.2, -0.15) is 0 Å². The fraction of sp³-hybridized carbons (Fsp3) is 0.765. The van der Waals surface area contributed by atoms with Crippen molar-refractivity contribution in [1.82, 2.24) is 14.9 Å². The highest BCUT2D eigenvalue weighted by molar-refractivity contribution is 5.70. The number of hydrogen-bond acceptors (Lipinski definition) is 4. The van der Waals surface area contributed by atoms with Gasteiger partial charge in [0.1, 0.15) is 17.0 Å². The number of hydrogen-bond donors (Lipinski definition) is 1. The van der Waals surface area contributed by atoms with Crippen LogP contribution >= 0.6 is 0 Å². The predicted octanol–water partition coefficient (Wildman–Crippen LogP) is 3.86. The quantitative estimate of drug-likeness (QED) is 0.850. The molecule has 0 saturated carbocycles. The number of methoxy groups -OCH3 is 1. The van der Waals surface area contributed by atoms with Crippen LogP contribution in [0.15, 0.2) is 6.20 Å². The number of nitrogens with zero attached hydrogens (tertiary/aromatic N) is 2. The van der Waals surface area contributed by atoms with Gasteiger partial charge in [-0.25, -0.2) is 9.78 Å². The van der Waals surface area contributed by atoms with E-state index in [0.29, 0.717) is 6.54 Å². The minimum absolute atomic E-state index is 0.273. The van der Waals surface area contributed by atoms with E-state index in [-0.39, 0.29) is 11.6 Å². The zero-order valence-corrected chi connectivity index (χ0v) is 16.1. The van der Waals surface area contributed by atoms with Crippen LogP contribution in [0.3, 0.4) is 0 Å². The number of aryl methyl sites for hydroxylation is 1. The van der Waals surface area contributed by atoms with Gasteiger partial charge in [0.05, 0.1) is 0 Å². The van der Waals surface area contributed by atoms with Gasteiger partial charge in [0.25, 0.3) is 0 Å². The molecule has 1 amide bonds. The zero-order valence-electron chi connectivity index (χ0n) is 16.1. The monoisotopic (exact) mass is 327 g/mol. The summed E-state index contributed by atoms with van der Waals surface area (Å²) >= 11 is 0. The van der Waals surface area contributed by atoms with Gasteiger partial charge in [0, 0.05) is 32.7 Å². The molecule has 0 radical (unpaired) electrons. The van der Waals surface area contributed by atoms with E-state index in [0.717, 1.165) is 17.9 Å². The topological polar surface area (TPSA) is 67.4 Å². The lowest BCUT2D eigenvalue weighted by molar-refractivity contribution is -0.0431. The van der Waals surface area contributed by atoms with E-state index in [4.69, 9.17) is 4.74 Å². The molecule has 0 spiro atoms. The molecule has 1 aliphatic rings. The third-order valence-corrected chi connectivity index (χ3v) is 3.24. The number of ether oxygens (including phenoxy) is 2. The summed E-state index contributed by atoms with van der Waals surface area (Å²) in [5.74, 6) is 0.831. The van der Waals surface area contributed by atoms with Gasteiger partial charge >= 0.3 is 6.09 Å². The lowest BCUT2D eigenvalue weighted by atomic mass is 9.86. The van der Waals surface area contributed by atoms with Crippen LogP contribution in [-0.2, 0) is 15.0 Å². The van der Waals surface area contributed by atoms with E-state index in [1.165, 1.54) is 0 Å². The van der Waals surface area contributed by atoms with E-state index < -0.39 is 5.60 Å². The van der Waals surface area contributed by atoms with E-state index in [1.807, 2.05) is 48.5 Å². The number of amides is 1. The lowest BCUT2D eigenvalue weighted by Gasteiger charge is -2.48. The molecule has 1 N–H and O–H groups in total. The van der Waals surface area contributed by atoms with Crippen LogP contribution in [0.4, 0.5) is 4.79 Å². The number of H-pyrrole nitrogens is 1. The van der Waals surface area contributed by atoms with Gasteiger partial charge in [-0.3, -0.25) is 4.90 Å². The largest absolute Gasteiger partial charge is 0.444 e. The molecule has 1 aromatic rings. The molecule has 0 bridgehead atoms. The Balaban J connectivity index is 0.000000868. The van der Waals surface area contributed by atoms with Crippen molar-refractivity contribution in [3.8, 4) is 0 Å². The first-order valence-electron chi connectivity index (χ1n) is 8.07. The van der Waals surface area contributed by atoms with Crippen LogP contribution in [0.1, 0.15) is 59.5 Å². The number of carbonyl (C=O) groups is 1. The van der Waals surface area contributed by atoms with Crippen molar-refractivity contribution in [3.05, 3.63) is 17.7 Å². The Labute approximate surface area is 140 Å². The summed E-state index contributed by atoms with van der Waals surface area (Å²) in [5.41, 5.74) is 0.172. The molecule has 1 aliphatic heterocycles. The van der Waals surface area contributed by atoms with Crippen LogP contribution in [0, 0.1) is 6.92 Å². The van der Waals surface area contributed by atoms with Crippen LogP contribution in [0.5, 0.6) is 0 Å². The Morgan fingerprint density at radius 3 is 2.17 bits per heavy atom. The maximum Gasteiger partial charge on any atom is 0.411 e. The lowest BCUT2D eigenvalue weighted by Crippen LogP contribution is -2.59. The molecule has 6 nitrogen and oxygen atoms in total. The average molecular weight is 327 g/mol. The summed E-state index contributed by atoms with van der Waals surface area (Å²) in [6.07, 6.45) is 2.41. The van der Waals surface area contributed by atoms with Crippen molar-refractivity contribution in [2.45, 2.75) is 66.0 Å². The van der Waals surface area contributed by atoms with E-state index in [9.17, 15) is 4.79 Å². The minimum atomic E-state index is -0.466. The molecule has 1 saturated heterocycles. The molecule has 23 heavy (non-hydrogen) atoms. The second kappa shape index (κ2) is 8.91. The average Bonchev–Trinajstić information content (AvgIpc) is 2.84. The van der Waals surface area contributed by atoms with Gasteiger partial charge in [-0.15, -0.1) is 0 Å². The number of nitrogens with one attached hydrogen (secondary N) is 1. The summed E-state index contributed by atoms with van der Waals surface area (Å²) in [4.78, 5) is 21.4. The molecular formula is C17H33N3O3. The molecule has 1 fully saturated rings. The van der Waals surface area contributed by atoms with Crippen LogP contribution < -0.4 is 0 Å². The van der Waals surface area contributed by atoms with Crippen LogP contribution in [-0.4, -0.2) is 47.3 Å². The van der Waals surface area contributed by atoms with Crippen molar-refractivity contribution in [3.63, 3.8) is 0 Å². The van der Waals surface area contributed by atoms with Gasteiger partial charge in [-0.05, 0) is 41.0 Å². The number of carbonyl (C=O) groups excluding carboxylic acids is 1. The molecule has 6 heteroatoms. The molecule has 2 rings (SSSR count). The smallest absolute Gasteiger partial charge is 0.411 e. The van der Waals surface area contributed by atoms with E-state index in [1.54, 1.807) is 25.3 Å². The third-order valence-electron chi connectivity index (χ3n) is 3.24. The minimum Gasteiger partial charge on any atom is -0.444 e. The first-order valence-corrected chi connectivity index (χ1v) is 8.07. The molecular weight excluding hydrogens is 294 g/mol. The van der Waals surface area contributed by atoms with Gasteiger partial charge in [0.15, 0.2) is 0 Å². The second-order valence-electron chi connectivity index (χ2n) is 6.48. The Morgan fingerprint density at radius 2 is 1.87 bits per heavy atom. The maximum atomic E-state index is 12.1. The highest BCUT2D eigenvalue weighted by Crippen LogP contribution is 2.39. The molecule has 1 aromatic heterocycles. The normalized spacial score (nSPS) is 19.6. The fourth-order valence-electron chi connectivity index (χ4n) is 2.10. The van der Waals surface area contributed by atoms with Crippen molar-refractivity contribution >= 4 is 6.09 Å². The second-order valence-corrected chi connectivity index (χ2v) is 6.48. The summed E-state index contributed by atoms with van der Waals surface area (Å²) < 4.78 is 9.66. The van der Waals surface area contributed by atoms with Gasteiger partial charge < -0.3 is 14.5 Å². The summed E-state index contributed by atoms with van der Waals surface area (Å²) in [6, 6.07) is 0. The summed E-state index contributed by atoms with van der Waals surface area (Å²) in [6.45, 7) is 14.3.